The second kappa shape index (κ2) is 8.14. The number of aliphatic carboxylic acids is 1. The van der Waals surface area contributed by atoms with E-state index in [2.05, 4.69) is 5.32 Å². The molecule has 9 heteroatoms. The van der Waals surface area contributed by atoms with E-state index in [4.69, 9.17) is 21.4 Å². The number of anilines is 1. The quantitative estimate of drug-likeness (QED) is 0.842. The van der Waals surface area contributed by atoms with Crippen LogP contribution in [0.2, 0.25) is 5.02 Å². The maximum atomic E-state index is 12.3. The van der Waals surface area contributed by atoms with E-state index in [1.54, 1.807) is 0 Å². The van der Waals surface area contributed by atoms with Crippen molar-refractivity contribution in [2.75, 3.05) is 25.0 Å². The lowest BCUT2D eigenvalue weighted by Gasteiger charge is -2.30. The van der Waals surface area contributed by atoms with Crippen LogP contribution in [0.25, 0.3) is 0 Å². The predicted molar refractivity (Wildman–Crippen MR) is 83.9 cm³/mol. The number of likely N-dealkylation sites (tertiary alicyclic amines) is 1. The second-order valence-electron chi connectivity index (χ2n) is 5.37. The van der Waals surface area contributed by atoms with Gasteiger partial charge in [-0.05, 0) is 25.0 Å². The van der Waals surface area contributed by atoms with Crippen molar-refractivity contribution in [2.45, 2.75) is 19.3 Å². The molecule has 2 N–H and O–H groups in total. The standard InChI is InChI=1S/C15H17ClF2N2O4/c16-10-1-2-11(12(7-10)24-8-13(17)18)19-15(23)20-5-3-9(4-6-20)14(21)22/h1-2,7,9,13H,3-6,8H2,(H,19,23)(H,21,22). The van der Waals surface area contributed by atoms with Crippen LogP contribution in [-0.4, -0.2) is 48.1 Å². The maximum absolute atomic E-state index is 12.3. The number of nitrogens with zero attached hydrogens (tertiary/aromatic N) is 1. The van der Waals surface area contributed by atoms with Crippen molar-refractivity contribution in [3.63, 3.8) is 0 Å². The van der Waals surface area contributed by atoms with E-state index in [1.807, 2.05) is 0 Å². The highest BCUT2D eigenvalue weighted by molar-refractivity contribution is 6.30. The van der Waals surface area contributed by atoms with Gasteiger partial charge in [0.05, 0.1) is 11.6 Å². The molecule has 6 nitrogen and oxygen atoms in total. The monoisotopic (exact) mass is 362 g/mol. The normalized spacial score (nSPS) is 15.4. The molecule has 1 aromatic carbocycles. The number of halogens is 3. The van der Waals surface area contributed by atoms with Gasteiger partial charge in [0, 0.05) is 24.2 Å². The molecule has 0 atom stereocenters. The maximum Gasteiger partial charge on any atom is 0.321 e. The third kappa shape index (κ3) is 4.95. The number of alkyl halides is 2. The third-order valence-electron chi connectivity index (χ3n) is 3.68. The molecule has 0 unspecified atom stereocenters. The van der Waals surface area contributed by atoms with Crippen LogP contribution in [0.1, 0.15) is 12.8 Å². The zero-order valence-electron chi connectivity index (χ0n) is 12.7. The van der Waals surface area contributed by atoms with Gasteiger partial charge in [0.2, 0.25) is 0 Å². The summed E-state index contributed by atoms with van der Waals surface area (Å²) < 4.78 is 29.6. The Kier molecular flexibility index (Phi) is 6.19. The van der Waals surface area contributed by atoms with Crippen LogP contribution in [0.4, 0.5) is 19.3 Å². The van der Waals surface area contributed by atoms with Gasteiger partial charge in [-0.1, -0.05) is 11.6 Å². The number of nitrogens with one attached hydrogen (secondary N) is 1. The van der Waals surface area contributed by atoms with Crippen molar-refractivity contribution in [3.05, 3.63) is 23.2 Å². The molecule has 0 bridgehead atoms. The molecule has 1 fully saturated rings. The van der Waals surface area contributed by atoms with E-state index in [1.165, 1.54) is 23.1 Å². The molecule has 1 aliphatic heterocycles. The lowest BCUT2D eigenvalue weighted by atomic mass is 9.97. The first kappa shape index (κ1) is 18.3. The fourth-order valence-corrected chi connectivity index (χ4v) is 2.56. The number of ether oxygens (including phenoxy) is 1. The summed E-state index contributed by atoms with van der Waals surface area (Å²) in [6.07, 6.45) is -1.90. The van der Waals surface area contributed by atoms with Gasteiger partial charge >= 0.3 is 12.0 Å². The van der Waals surface area contributed by atoms with Crippen molar-refractivity contribution in [1.82, 2.24) is 4.90 Å². The molecular formula is C15H17ClF2N2O4. The first-order valence-electron chi connectivity index (χ1n) is 7.36. The smallest absolute Gasteiger partial charge is 0.321 e. The fourth-order valence-electron chi connectivity index (χ4n) is 2.40. The van der Waals surface area contributed by atoms with Gasteiger partial charge in [-0.15, -0.1) is 0 Å². The summed E-state index contributed by atoms with van der Waals surface area (Å²) in [6.45, 7) is -0.194. The predicted octanol–water partition coefficient (Wildman–Crippen LogP) is 3.31. The van der Waals surface area contributed by atoms with Crippen molar-refractivity contribution < 1.29 is 28.2 Å². The van der Waals surface area contributed by atoms with E-state index in [9.17, 15) is 18.4 Å². The Morgan fingerprint density at radius 2 is 2.04 bits per heavy atom. The Hall–Kier alpha value is -2.09. The molecule has 2 amide bonds. The van der Waals surface area contributed by atoms with Gasteiger partial charge in [0.25, 0.3) is 6.43 Å². The Balaban J connectivity index is 2.00. The molecule has 0 spiro atoms. The molecule has 1 aliphatic rings. The summed E-state index contributed by atoms with van der Waals surface area (Å²) in [5.41, 5.74) is 0.227. The number of benzene rings is 1. The third-order valence-corrected chi connectivity index (χ3v) is 3.92. The largest absolute Gasteiger partial charge is 0.485 e. The van der Waals surface area contributed by atoms with Crippen molar-refractivity contribution in [3.8, 4) is 5.75 Å². The average molecular weight is 363 g/mol. The van der Waals surface area contributed by atoms with Crippen molar-refractivity contribution >= 4 is 29.3 Å². The summed E-state index contributed by atoms with van der Waals surface area (Å²) in [5, 5.41) is 11.8. The number of carbonyl (C=O) groups excluding carboxylic acids is 1. The highest BCUT2D eigenvalue weighted by Gasteiger charge is 2.27. The first-order chi connectivity index (χ1) is 11.4. The van der Waals surface area contributed by atoms with Crippen molar-refractivity contribution in [1.29, 1.82) is 0 Å². The van der Waals surface area contributed by atoms with Crippen LogP contribution < -0.4 is 10.1 Å². The van der Waals surface area contributed by atoms with Gasteiger partial charge in [-0.3, -0.25) is 4.79 Å². The first-order valence-corrected chi connectivity index (χ1v) is 7.74. The Morgan fingerprint density at radius 3 is 2.62 bits per heavy atom. The number of carboxylic acid groups (broad SMARTS) is 1. The van der Waals surface area contributed by atoms with Gasteiger partial charge in [-0.2, -0.15) is 0 Å². The Bertz CT molecular complexity index is 607. The van der Waals surface area contributed by atoms with Gasteiger partial charge < -0.3 is 20.1 Å². The number of carboxylic acids is 1. The van der Waals surface area contributed by atoms with Crippen LogP contribution in [0.15, 0.2) is 18.2 Å². The summed E-state index contributed by atoms with van der Waals surface area (Å²) in [7, 11) is 0. The summed E-state index contributed by atoms with van der Waals surface area (Å²) in [5.74, 6) is -1.26. The minimum Gasteiger partial charge on any atom is -0.485 e. The minimum absolute atomic E-state index is 0.0524. The second-order valence-corrected chi connectivity index (χ2v) is 5.81. The van der Waals surface area contributed by atoms with Gasteiger partial charge in [-0.25, -0.2) is 13.6 Å². The van der Waals surface area contributed by atoms with E-state index in [-0.39, 0.29) is 11.4 Å². The summed E-state index contributed by atoms with van der Waals surface area (Å²) >= 11 is 5.82. The molecular weight excluding hydrogens is 346 g/mol. The Labute approximate surface area is 142 Å². The number of piperidine rings is 1. The molecule has 0 radical (unpaired) electrons. The zero-order chi connectivity index (χ0) is 17.7. The van der Waals surface area contributed by atoms with Crippen LogP contribution in [-0.2, 0) is 4.79 Å². The lowest BCUT2D eigenvalue weighted by Crippen LogP contribution is -2.42. The molecule has 0 saturated carbocycles. The number of rotatable bonds is 5. The van der Waals surface area contributed by atoms with Crippen LogP contribution in [0, 0.1) is 5.92 Å². The lowest BCUT2D eigenvalue weighted by molar-refractivity contribution is -0.143. The van der Waals surface area contributed by atoms with Crippen LogP contribution >= 0.6 is 11.6 Å². The molecule has 2 rings (SSSR count). The van der Waals surface area contributed by atoms with Gasteiger partial charge in [0.1, 0.15) is 12.4 Å². The number of carbonyl (C=O) groups is 2. The van der Waals surface area contributed by atoms with E-state index in [0.717, 1.165) is 0 Å². The average Bonchev–Trinajstić information content (AvgIpc) is 2.55. The SMILES string of the molecule is O=C(O)C1CCN(C(=O)Nc2ccc(Cl)cc2OCC(F)F)CC1. The van der Waals surface area contributed by atoms with Crippen LogP contribution in [0.5, 0.6) is 5.75 Å². The highest BCUT2D eigenvalue weighted by Crippen LogP contribution is 2.29. The number of urea groups is 1. The fraction of sp³-hybridized carbons (Fsp3) is 0.467. The minimum atomic E-state index is -2.65. The topological polar surface area (TPSA) is 78.9 Å². The van der Waals surface area contributed by atoms with Crippen molar-refractivity contribution in [2.24, 2.45) is 5.92 Å². The van der Waals surface area contributed by atoms with E-state index >= 15 is 0 Å². The van der Waals surface area contributed by atoms with Crippen LogP contribution in [0.3, 0.4) is 0 Å². The van der Waals surface area contributed by atoms with Gasteiger partial charge in [0.15, 0.2) is 0 Å². The highest BCUT2D eigenvalue weighted by atomic mass is 35.5. The number of hydrogen-bond acceptors (Lipinski definition) is 3. The molecule has 1 saturated heterocycles. The number of hydrogen-bond donors (Lipinski definition) is 2. The number of amides is 2. The molecule has 132 valence electrons. The molecule has 0 aromatic heterocycles. The Morgan fingerprint density at radius 1 is 1.38 bits per heavy atom. The van der Waals surface area contributed by atoms with E-state index in [0.29, 0.717) is 31.0 Å². The summed E-state index contributed by atoms with van der Waals surface area (Å²) in [4.78, 5) is 24.6. The summed E-state index contributed by atoms with van der Waals surface area (Å²) in [6, 6.07) is 3.87. The molecule has 24 heavy (non-hydrogen) atoms. The zero-order valence-corrected chi connectivity index (χ0v) is 13.4. The molecule has 1 aromatic rings. The van der Waals surface area contributed by atoms with E-state index < -0.39 is 31.0 Å². The molecule has 0 aliphatic carbocycles. The molecule has 1 heterocycles.